The quantitative estimate of drug-likeness (QED) is 0.906. The maximum atomic E-state index is 10.4. The topological polar surface area (TPSA) is 38.0 Å². The van der Waals surface area contributed by atoms with Gasteiger partial charge >= 0.3 is 0 Å². The molecule has 0 saturated carbocycles. The van der Waals surface area contributed by atoms with Crippen molar-refractivity contribution in [2.24, 2.45) is 0 Å². The fraction of sp³-hybridized carbons (Fsp3) is 0.562. The Balaban J connectivity index is 2.70. The molecule has 0 unspecified atom stereocenters. The van der Waals surface area contributed by atoms with Crippen LogP contribution in [0.1, 0.15) is 64.6 Å². The van der Waals surface area contributed by atoms with Crippen molar-refractivity contribution in [3.63, 3.8) is 0 Å². The second-order valence-electron chi connectivity index (χ2n) is 6.41. The van der Waals surface area contributed by atoms with Crippen LogP contribution >= 0.6 is 0 Å². The van der Waals surface area contributed by atoms with Gasteiger partial charge in [-0.25, -0.2) is 0 Å². The highest BCUT2D eigenvalue weighted by molar-refractivity contribution is 5.80. The van der Waals surface area contributed by atoms with E-state index in [-0.39, 0.29) is 0 Å². The van der Waals surface area contributed by atoms with E-state index in [9.17, 15) is 5.11 Å². The Morgan fingerprint density at radius 3 is 2.26 bits per heavy atom. The molecule has 3 heteroatoms. The summed E-state index contributed by atoms with van der Waals surface area (Å²) in [6.45, 7) is 12.2. The van der Waals surface area contributed by atoms with Crippen molar-refractivity contribution in [2.75, 3.05) is 0 Å². The number of fused-ring (bicyclic) bond motifs is 1. The molecule has 2 aromatic rings. The Bertz CT molecular complexity index is 589. The standard InChI is InChI=1S/C16H24N2O/c1-10(2)13-7-12-9-18(11(3)4)17-15(12)8-14(13)16(5,6)19/h7-11,19H,1-6H3. The summed E-state index contributed by atoms with van der Waals surface area (Å²) in [6, 6.07) is 4.54. The Hall–Kier alpha value is -1.35. The van der Waals surface area contributed by atoms with E-state index in [1.54, 1.807) is 0 Å². The number of benzene rings is 1. The third kappa shape index (κ3) is 2.66. The third-order valence-corrected chi connectivity index (χ3v) is 3.50. The fourth-order valence-corrected chi connectivity index (χ4v) is 2.38. The lowest BCUT2D eigenvalue weighted by molar-refractivity contribution is 0.0775. The SMILES string of the molecule is CC(C)c1cc2cn(C(C)C)nc2cc1C(C)(C)O. The molecule has 0 atom stereocenters. The summed E-state index contributed by atoms with van der Waals surface area (Å²) in [5, 5.41) is 16.1. The zero-order valence-corrected chi connectivity index (χ0v) is 12.7. The maximum absolute atomic E-state index is 10.4. The lowest BCUT2D eigenvalue weighted by atomic mass is 9.87. The minimum Gasteiger partial charge on any atom is -0.386 e. The fourth-order valence-electron chi connectivity index (χ4n) is 2.38. The zero-order valence-electron chi connectivity index (χ0n) is 12.7. The second kappa shape index (κ2) is 4.64. The molecule has 0 aliphatic carbocycles. The molecule has 19 heavy (non-hydrogen) atoms. The van der Waals surface area contributed by atoms with E-state index in [4.69, 9.17) is 0 Å². The number of hydrogen-bond donors (Lipinski definition) is 1. The molecule has 0 saturated heterocycles. The average molecular weight is 260 g/mol. The van der Waals surface area contributed by atoms with Gasteiger partial charge in [-0.3, -0.25) is 4.68 Å². The summed E-state index contributed by atoms with van der Waals surface area (Å²) < 4.78 is 1.98. The molecule has 1 N–H and O–H groups in total. The van der Waals surface area contributed by atoms with Gasteiger partial charge in [0, 0.05) is 17.6 Å². The first-order chi connectivity index (χ1) is 8.70. The Kier molecular flexibility index (Phi) is 3.43. The average Bonchev–Trinajstić information content (AvgIpc) is 2.68. The van der Waals surface area contributed by atoms with Gasteiger partial charge in [-0.2, -0.15) is 5.10 Å². The van der Waals surface area contributed by atoms with Crippen LogP contribution in [-0.4, -0.2) is 14.9 Å². The summed E-state index contributed by atoms with van der Waals surface area (Å²) in [4.78, 5) is 0. The van der Waals surface area contributed by atoms with Crippen LogP contribution < -0.4 is 0 Å². The molecular formula is C16H24N2O. The summed E-state index contributed by atoms with van der Waals surface area (Å²) in [7, 11) is 0. The van der Waals surface area contributed by atoms with Crippen LogP contribution in [0.5, 0.6) is 0 Å². The Morgan fingerprint density at radius 2 is 1.79 bits per heavy atom. The highest BCUT2D eigenvalue weighted by atomic mass is 16.3. The monoisotopic (exact) mass is 260 g/mol. The summed E-state index contributed by atoms with van der Waals surface area (Å²) in [5.74, 6) is 0.383. The van der Waals surface area contributed by atoms with Crippen LogP contribution in [0.3, 0.4) is 0 Å². The van der Waals surface area contributed by atoms with Crippen molar-refractivity contribution >= 4 is 10.9 Å². The van der Waals surface area contributed by atoms with E-state index >= 15 is 0 Å². The normalized spacial score (nSPS) is 12.9. The molecule has 0 radical (unpaired) electrons. The van der Waals surface area contributed by atoms with Crippen molar-refractivity contribution in [3.05, 3.63) is 29.5 Å². The predicted molar refractivity (Wildman–Crippen MR) is 79.5 cm³/mol. The van der Waals surface area contributed by atoms with Crippen molar-refractivity contribution in [1.82, 2.24) is 9.78 Å². The van der Waals surface area contributed by atoms with Gasteiger partial charge in [-0.1, -0.05) is 13.8 Å². The van der Waals surface area contributed by atoms with Gasteiger partial charge in [-0.05, 0) is 56.9 Å². The van der Waals surface area contributed by atoms with E-state index in [1.165, 1.54) is 5.56 Å². The lowest BCUT2D eigenvalue weighted by Gasteiger charge is -2.23. The number of nitrogens with zero attached hydrogens (tertiary/aromatic N) is 2. The van der Waals surface area contributed by atoms with Crippen LogP contribution in [0.4, 0.5) is 0 Å². The molecule has 0 amide bonds. The van der Waals surface area contributed by atoms with E-state index < -0.39 is 5.60 Å². The molecule has 0 bridgehead atoms. The van der Waals surface area contributed by atoms with Crippen LogP contribution in [0.2, 0.25) is 0 Å². The van der Waals surface area contributed by atoms with E-state index in [0.717, 1.165) is 16.5 Å². The Labute approximate surface area is 115 Å². The number of hydrogen-bond acceptors (Lipinski definition) is 2. The smallest absolute Gasteiger partial charge is 0.0927 e. The third-order valence-electron chi connectivity index (χ3n) is 3.50. The van der Waals surface area contributed by atoms with E-state index in [2.05, 4.69) is 45.1 Å². The van der Waals surface area contributed by atoms with E-state index in [1.807, 2.05) is 24.6 Å². The highest BCUT2D eigenvalue weighted by Crippen LogP contribution is 2.32. The first kappa shape index (κ1) is 14.1. The second-order valence-corrected chi connectivity index (χ2v) is 6.41. The number of rotatable bonds is 3. The molecule has 0 aliphatic heterocycles. The van der Waals surface area contributed by atoms with Crippen LogP contribution in [0, 0.1) is 0 Å². The minimum absolute atomic E-state index is 0.348. The molecule has 1 aromatic heterocycles. The predicted octanol–water partition coefficient (Wildman–Crippen LogP) is 3.97. The molecule has 2 rings (SSSR count). The molecule has 1 heterocycles. The van der Waals surface area contributed by atoms with Crippen LogP contribution in [0.15, 0.2) is 18.3 Å². The van der Waals surface area contributed by atoms with E-state index in [0.29, 0.717) is 12.0 Å². The van der Waals surface area contributed by atoms with Crippen LogP contribution in [0.25, 0.3) is 10.9 Å². The van der Waals surface area contributed by atoms with Gasteiger partial charge in [0.25, 0.3) is 0 Å². The molecule has 3 nitrogen and oxygen atoms in total. The first-order valence-electron chi connectivity index (χ1n) is 6.96. The molecule has 0 aliphatic rings. The van der Waals surface area contributed by atoms with Gasteiger partial charge in [0.05, 0.1) is 11.1 Å². The molecule has 104 valence electrons. The van der Waals surface area contributed by atoms with Crippen LogP contribution in [-0.2, 0) is 5.60 Å². The van der Waals surface area contributed by atoms with Gasteiger partial charge in [0.1, 0.15) is 0 Å². The van der Waals surface area contributed by atoms with Gasteiger partial charge in [0.15, 0.2) is 0 Å². The van der Waals surface area contributed by atoms with Crippen molar-refractivity contribution in [2.45, 2.75) is 59.1 Å². The summed E-state index contributed by atoms with van der Waals surface area (Å²) >= 11 is 0. The van der Waals surface area contributed by atoms with Crippen molar-refractivity contribution in [1.29, 1.82) is 0 Å². The largest absolute Gasteiger partial charge is 0.386 e. The minimum atomic E-state index is -0.838. The van der Waals surface area contributed by atoms with Crippen molar-refractivity contribution in [3.8, 4) is 0 Å². The summed E-state index contributed by atoms with van der Waals surface area (Å²) in [5.41, 5.74) is 2.29. The number of aromatic nitrogens is 2. The molecule has 1 aromatic carbocycles. The highest BCUT2D eigenvalue weighted by Gasteiger charge is 2.23. The van der Waals surface area contributed by atoms with Gasteiger partial charge < -0.3 is 5.11 Å². The molecular weight excluding hydrogens is 236 g/mol. The van der Waals surface area contributed by atoms with Gasteiger partial charge in [0.2, 0.25) is 0 Å². The Morgan fingerprint density at radius 1 is 1.16 bits per heavy atom. The zero-order chi connectivity index (χ0) is 14.4. The van der Waals surface area contributed by atoms with Gasteiger partial charge in [-0.15, -0.1) is 0 Å². The molecule has 0 fully saturated rings. The first-order valence-corrected chi connectivity index (χ1v) is 6.96. The number of aliphatic hydroxyl groups is 1. The summed E-state index contributed by atoms with van der Waals surface area (Å²) in [6.07, 6.45) is 2.08. The maximum Gasteiger partial charge on any atom is 0.0927 e. The molecule has 0 spiro atoms. The lowest BCUT2D eigenvalue weighted by Crippen LogP contribution is -2.18. The van der Waals surface area contributed by atoms with Crippen molar-refractivity contribution < 1.29 is 5.11 Å².